The molecule has 1 amide bonds. The number of carbonyl (C=O) groups is 1. The molecule has 1 fully saturated rings. The Labute approximate surface area is 114 Å². The number of amides is 1. The van der Waals surface area contributed by atoms with Crippen molar-refractivity contribution in [2.75, 3.05) is 13.7 Å². The number of rotatable bonds is 6. The molecule has 3 N–H and O–H groups in total. The first-order valence-electron chi connectivity index (χ1n) is 6.73. The largest absolute Gasteiger partial charge is 0.496 e. The van der Waals surface area contributed by atoms with Crippen LogP contribution in [0.15, 0.2) is 24.3 Å². The third-order valence-corrected chi connectivity index (χ3v) is 3.66. The average molecular weight is 262 g/mol. The average Bonchev–Trinajstić information content (AvgIpc) is 3.17. The number of hydrogen-bond acceptors (Lipinski definition) is 3. The second kappa shape index (κ2) is 5.61. The molecule has 0 saturated heterocycles. The maximum absolute atomic E-state index is 11.7. The Kier molecular flexibility index (Phi) is 4.10. The van der Waals surface area contributed by atoms with E-state index in [-0.39, 0.29) is 17.4 Å². The highest BCUT2D eigenvalue weighted by Gasteiger charge is 2.46. The number of ether oxygens (including phenoxy) is 1. The van der Waals surface area contributed by atoms with Crippen molar-refractivity contribution in [3.8, 4) is 5.75 Å². The highest BCUT2D eigenvalue weighted by molar-refractivity contribution is 5.76. The van der Waals surface area contributed by atoms with Crippen LogP contribution in [-0.2, 0) is 10.2 Å². The van der Waals surface area contributed by atoms with Gasteiger partial charge in [-0.2, -0.15) is 0 Å². The second-order valence-corrected chi connectivity index (χ2v) is 5.44. The summed E-state index contributed by atoms with van der Waals surface area (Å²) in [6.45, 7) is 2.51. The number of carbonyl (C=O) groups excluding carboxylic acids is 1. The molecule has 0 heterocycles. The molecule has 0 aliphatic heterocycles. The lowest BCUT2D eigenvalue weighted by Crippen LogP contribution is -2.35. The number of nitrogens with two attached hydrogens (primary N) is 1. The first-order valence-corrected chi connectivity index (χ1v) is 6.73. The molecule has 4 heteroatoms. The summed E-state index contributed by atoms with van der Waals surface area (Å²) >= 11 is 0. The lowest BCUT2D eigenvalue weighted by atomic mass is 9.94. The number of benzene rings is 1. The van der Waals surface area contributed by atoms with Crippen LogP contribution in [0.4, 0.5) is 0 Å². The van der Waals surface area contributed by atoms with Crippen LogP contribution in [0.1, 0.15) is 31.7 Å². The zero-order valence-corrected chi connectivity index (χ0v) is 11.6. The Morgan fingerprint density at radius 1 is 1.47 bits per heavy atom. The minimum absolute atomic E-state index is 0.0242. The number of para-hydroxylation sites is 1. The van der Waals surface area contributed by atoms with Crippen molar-refractivity contribution in [2.45, 2.75) is 37.6 Å². The monoisotopic (exact) mass is 262 g/mol. The van der Waals surface area contributed by atoms with Gasteiger partial charge < -0.3 is 15.8 Å². The van der Waals surface area contributed by atoms with Gasteiger partial charge in [-0.1, -0.05) is 18.2 Å². The van der Waals surface area contributed by atoms with Crippen LogP contribution in [0.2, 0.25) is 0 Å². The predicted molar refractivity (Wildman–Crippen MR) is 75.2 cm³/mol. The summed E-state index contributed by atoms with van der Waals surface area (Å²) in [7, 11) is 1.68. The Hall–Kier alpha value is -1.55. The van der Waals surface area contributed by atoms with E-state index in [4.69, 9.17) is 10.5 Å². The summed E-state index contributed by atoms with van der Waals surface area (Å²) in [6, 6.07) is 7.94. The normalized spacial score (nSPS) is 17.6. The summed E-state index contributed by atoms with van der Waals surface area (Å²) < 4.78 is 5.41. The second-order valence-electron chi connectivity index (χ2n) is 5.44. The van der Waals surface area contributed by atoms with Crippen molar-refractivity contribution >= 4 is 5.91 Å². The van der Waals surface area contributed by atoms with Crippen molar-refractivity contribution in [1.29, 1.82) is 0 Å². The summed E-state index contributed by atoms with van der Waals surface area (Å²) in [5.41, 5.74) is 6.87. The van der Waals surface area contributed by atoms with Crippen LogP contribution < -0.4 is 15.8 Å². The molecule has 104 valence electrons. The topological polar surface area (TPSA) is 64.3 Å². The van der Waals surface area contributed by atoms with Gasteiger partial charge in [0, 0.05) is 30.0 Å². The Balaban J connectivity index is 2.01. The molecule has 1 saturated carbocycles. The Morgan fingerprint density at radius 3 is 2.74 bits per heavy atom. The Bertz CT molecular complexity index is 453. The van der Waals surface area contributed by atoms with E-state index in [2.05, 4.69) is 11.4 Å². The molecule has 0 spiro atoms. The standard InChI is InChI=1S/C15H22N2O2/c1-11(16)9-14(18)17-10-15(7-8-15)12-5-3-4-6-13(12)19-2/h3-6,11H,7-10,16H2,1-2H3,(H,17,18). The lowest BCUT2D eigenvalue weighted by Gasteiger charge is -2.19. The van der Waals surface area contributed by atoms with E-state index in [1.54, 1.807) is 7.11 Å². The smallest absolute Gasteiger partial charge is 0.221 e. The van der Waals surface area contributed by atoms with Gasteiger partial charge in [-0.05, 0) is 25.8 Å². The van der Waals surface area contributed by atoms with Crippen LogP contribution in [0.3, 0.4) is 0 Å². The lowest BCUT2D eigenvalue weighted by molar-refractivity contribution is -0.121. The number of hydrogen-bond donors (Lipinski definition) is 2. The van der Waals surface area contributed by atoms with Gasteiger partial charge in [-0.15, -0.1) is 0 Å². The number of methoxy groups -OCH3 is 1. The van der Waals surface area contributed by atoms with Gasteiger partial charge in [0.25, 0.3) is 0 Å². The molecule has 1 unspecified atom stereocenters. The summed E-state index contributed by atoms with van der Waals surface area (Å²) in [4.78, 5) is 11.7. The van der Waals surface area contributed by atoms with Crippen molar-refractivity contribution in [1.82, 2.24) is 5.32 Å². The van der Waals surface area contributed by atoms with E-state index < -0.39 is 0 Å². The van der Waals surface area contributed by atoms with Gasteiger partial charge in [0.2, 0.25) is 5.91 Å². The quantitative estimate of drug-likeness (QED) is 0.818. The van der Waals surface area contributed by atoms with Crippen LogP contribution in [0, 0.1) is 0 Å². The summed E-state index contributed by atoms with van der Waals surface area (Å²) in [5.74, 6) is 0.928. The highest BCUT2D eigenvalue weighted by atomic mass is 16.5. The zero-order chi connectivity index (χ0) is 13.9. The molecule has 1 aliphatic carbocycles. The molecule has 1 aromatic rings. The van der Waals surface area contributed by atoms with Gasteiger partial charge in [0.15, 0.2) is 0 Å². The molecule has 4 nitrogen and oxygen atoms in total. The molecule has 19 heavy (non-hydrogen) atoms. The van der Waals surface area contributed by atoms with E-state index in [1.807, 2.05) is 25.1 Å². The molecule has 1 aliphatic rings. The fourth-order valence-electron chi connectivity index (χ4n) is 2.41. The van der Waals surface area contributed by atoms with Crippen molar-refractivity contribution < 1.29 is 9.53 Å². The maximum atomic E-state index is 11.7. The first kappa shape index (κ1) is 13.9. The van der Waals surface area contributed by atoms with Gasteiger partial charge in [0.1, 0.15) is 5.75 Å². The molecule has 1 atom stereocenters. The fraction of sp³-hybridized carbons (Fsp3) is 0.533. The van der Waals surface area contributed by atoms with Crippen LogP contribution in [0.5, 0.6) is 5.75 Å². The summed E-state index contributed by atoms with van der Waals surface area (Å²) in [6.07, 6.45) is 2.56. The molecule has 0 radical (unpaired) electrons. The molecule has 1 aromatic carbocycles. The van der Waals surface area contributed by atoms with Crippen molar-refractivity contribution in [2.24, 2.45) is 5.73 Å². The van der Waals surface area contributed by atoms with Crippen molar-refractivity contribution in [3.63, 3.8) is 0 Å². The third-order valence-electron chi connectivity index (χ3n) is 3.66. The first-order chi connectivity index (χ1) is 9.07. The van der Waals surface area contributed by atoms with E-state index >= 15 is 0 Å². The van der Waals surface area contributed by atoms with Crippen LogP contribution in [0.25, 0.3) is 0 Å². The number of nitrogens with one attached hydrogen (secondary N) is 1. The molecular weight excluding hydrogens is 240 g/mol. The summed E-state index contributed by atoms with van der Waals surface area (Å²) in [5, 5.41) is 2.99. The molecular formula is C15H22N2O2. The zero-order valence-electron chi connectivity index (χ0n) is 11.6. The van der Waals surface area contributed by atoms with E-state index in [9.17, 15) is 4.79 Å². The van der Waals surface area contributed by atoms with Gasteiger partial charge >= 0.3 is 0 Å². The SMILES string of the molecule is COc1ccccc1C1(CNC(=O)CC(C)N)CC1. The maximum Gasteiger partial charge on any atom is 0.221 e. The van der Waals surface area contributed by atoms with Gasteiger partial charge in [0.05, 0.1) is 7.11 Å². The minimum atomic E-state index is -0.0959. The van der Waals surface area contributed by atoms with Crippen LogP contribution in [-0.4, -0.2) is 25.6 Å². The van der Waals surface area contributed by atoms with Gasteiger partial charge in [-0.25, -0.2) is 0 Å². The highest BCUT2D eigenvalue weighted by Crippen LogP contribution is 2.50. The van der Waals surface area contributed by atoms with Crippen molar-refractivity contribution in [3.05, 3.63) is 29.8 Å². The molecule has 2 rings (SSSR count). The van der Waals surface area contributed by atoms with E-state index in [0.29, 0.717) is 13.0 Å². The van der Waals surface area contributed by atoms with Gasteiger partial charge in [-0.3, -0.25) is 4.79 Å². The third kappa shape index (κ3) is 3.26. The van der Waals surface area contributed by atoms with E-state index in [1.165, 1.54) is 5.56 Å². The molecule has 0 bridgehead atoms. The fourth-order valence-corrected chi connectivity index (χ4v) is 2.41. The predicted octanol–water partition coefficient (Wildman–Crippen LogP) is 1.58. The minimum Gasteiger partial charge on any atom is -0.496 e. The van der Waals surface area contributed by atoms with E-state index in [0.717, 1.165) is 18.6 Å². The molecule has 0 aromatic heterocycles. The van der Waals surface area contributed by atoms with Crippen LogP contribution >= 0.6 is 0 Å². The Morgan fingerprint density at radius 2 is 2.16 bits per heavy atom.